The molecular weight excluding hydrogens is 250 g/mol. The van der Waals surface area contributed by atoms with E-state index in [1.807, 2.05) is 25.1 Å². The van der Waals surface area contributed by atoms with E-state index < -0.39 is 0 Å². The minimum Gasteiger partial charge on any atom is -0.304 e. The van der Waals surface area contributed by atoms with Gasteiger partial charge in [-0.2, -0.15) is 0 Å². The van der Waals surface area contributed by atoms with Gasteiger partial charge in [-0.1, -0.05) is 18.1 Å². The maximum Gasteiger partial charge on any atom is 0.299 e. The minimum atomic E-state index is -0.327. The molecule has 20 heavy (non-hydrogen) atoms. The molecule has 1 aromatic rings. The van der Waals surface area contributed by atoms with Gasteiger partial charge in [0.2, 0.25) is 0 Å². The second kappa shape index (κ2) is 4.18. The van der Waals surface area contributed by atoms with E-state index in [1.54, 1.807) is 4.90 Å². The Morgan fingerprint density at radius 2 is 2.05 bits per heavy atom. The highest BCUT2D eigenvalue weighted by Gasteiger charge is 2.43. The Morgan fingerprint density at radius 1 is 1.20 bits per heavy atom. The predicted molar refractivity (Wildman–Crippen MR) is 76.8 cm³/mol. The van der Waals surface area contributed by atoms with Crippen LogP contribution in [0.25, 0.3) is 0 Å². The number of benzene rings is 1. The molecule has 1 heterocycles. The predicted octanol–water partition coefficient (Wildman–Crippen LogP) is 2.96. The fourth-order valence-electron chi connectivity index (χ4n) is 4.43. The highest BCUT2D eigenvalue weighted by atomic mass is 16.2. The Bertz CT molecular complexity index is 607. The van der Waals surface area contributed by atoms with Crippen LogP contribution in [0.3, 0.4) is 0 Å². The van der Waals surface area contributed by atoms with Crippen LogP contribution in [0, 0.1) is 24.7 Å². The molecule has 3 unspecified atom stereocenters. The van der Waals surface area contributed by atoms with Crippen molar-refractivity contribution in [3.63, 3.8) is 0 Å². The van der Waals surface area contributed by atoms with Crippen LogP contribution in [-0.4, -0.2) is 18.2 Å². The fourth-order valence-corrected chi connectivity index (χ4v) is 4.43. The number of hydrogen-bond acceptors (Lipinski definition) is 2. The number of amides is 1. The molecule has 2 fully saturated rings. The molecule has 0 radical (unpaired) electrons. The molecular formula is C17H19NO2. The molecule has 2 aliphatic carbocycles. The van der Waals surface area contributed by atoms with Gasteiger partial charge in [0, 0.05) is 6.54 Å². The smallest absolute Gasteiger partial charge is 0.299 e. The second-order valence-electron chi connectivity index (χ2n) is 6.70. The zero-order valence-electron chi connectivity index (χ0n) is 11.8. The average Bonchev–Trinajstić information content (AvgIpc) is 3.10. The van der Waals surface area contributed by atoms with Gasteiger partial charge < -0.3 is 4.90 Å². The summed E-state index contributed by atoms with van der Waals surface area (Å²) in [7, 11) is 0. The minimum absolute atomic E-state index is 0.326. The third-order valence-corrected chi connectivity index (χ3v) is 5.43. The first kappa shape index (κ1) is 12.1. The zero-order chi connectivity index (χ0) is 13.9. The first-order valence-corrected chi connectivity index (χ1v) is 7.60. The van der Waals surface area contributed by atoms with E-state index in [1.165, 1.54) is 25.7 Å². The number of nitrogens with zero attached hydrogens (tertiary/aromatic N) is 1. The Morgan fingerprint density at radius 3 is 2.75 bits per heavy atom. The molecule has 0 spiro atoms. The maximum atomic E-state index is 12.2. The molecule has 0 N–H and O–H groups in total. The molecule has 1 amide bonds. The summed E-state index contributed by atoms with van der Waals surface area (Å²) in [5.41, 5.74) is 2.46. The fraction of sp³-hybridized carbons (Fsp3) is 0.529. The molecule has 0 saturated heterocycles. The van der Waals surface area contributed by atoms with E-state index in [-0.39, 0.29) is 11.7 Å². The number of rotatable bonds is 2. The lowest BCUT2D eigenvalue weighted by molar-refractivity contribution is -0.114. The van der Waals surface area contributed by atoms with Gasteiger partial charge in [0.15, 0.2) is 0 Å². The van der Waals surface area contributed by atoms with Gasteiger partial charge in [-0.3, -0.25) is 9.59 Å². The van der Waals surface area contributed by atoms with E-state index >= 15 is 0 Å². The van der Waals surface area contributed by atoms with Gasteiger partial charge in [0.05, 0.1) is 11.3 Å². The molecule has 1 aromatic carbocycles. The Labute approximate surface area is 119 Å². The van der Waals surface area contributed by atoms with Crippen molar-refractivity contribution in [3.8, 4) is 0 Å². The average molecular weight is 269 g/mol. The van der Waals surface area contributed by atoms with Crippen molar-refractivity contribution in [2.24, 2.45) is 17.8 Å². The third-order valence-electron chi connectivity index (χ3n) is 5.43. The van der Waals surface area contributed by atoms with Gasteiger partial charge in [-0.25, -0.2) is 0 Å². The van der Waals surface area contributed by atoms with E-state index in [0.29, 0.717) is 11.5 Å². The van der Waals surface area contributed by atoms with Crippen molar-refractivity contribution in [1.82, 2.24) is 0 Å². The number of Topliss-reactive ketones (excluding diaryl/α,β-unsaturated/α-hetero) is 1. The van der Waals surface area contributed by atoms with Crippen LogP contribution in [0.4, 0.5) is 5.69 Å². The summed E-state index contributed by atoms with van der Waals surface area (Å²) in [6, 6.07) is 5.76. The molecule has 3 nitrogen and oxygen atoms in total. The van der Waals surface area contributed by atoms with Crippen molar-refractivity contribution in [3.05, 3.63) is 29.3 Å². The molecule has 3 aliphatic rings. The lowest BCUT2D eigenvalue weighted by atomic mass is 9.88. The first-order valence-electron chi connectivity index (χ1n) is 7.60. The number of aryl methyl sites for hydroxylation is 1. The Balaban J connectivity index is 1.63. The molecule has 0 aromatic heterocycles. The molecule has 4 rings (SSSR count). The number of fused-ring (bicyclic) bond motifs is 3. The Kier molecular flexibility index (Phi) is 2.53. The van der Waals surface area contributed by atoms with Crippen molar-refractivity contribution >= 4 is 17.4 Å². The number of hydrogen-bond donors (Lipinski definition) is 0. The number of carbonyl (C=O) groups excluding carboxylic acids is 2. The van der Waals surface area contributed by atoms with Crippen LogP contribution in [0.1, 0.15) is 41.6 Å². The van der Waals surface area contributed by atoms with Gasteiger partial charge in [-0.05, 0) is 56.1 Å². The molecule has 3 atom stereocenters. The SMILES string of the molecule is Cc1ccc2c(c1)C(=O)C(=O)N2CC1CC2CCC1C2. The maximum absolute atomic E-state index is 12.2. The van der Waals surface area contributed by atoms with Crippen molar-refractivity contribution in [1.29, 1.82) is 0 Å². The topological polar surface area (TPSA) is 37.4 Å². The summed E-state index contributed by atoms with van der Waals surface area (Å²) in [6.07, 6.45) is 5.25. The van der Waals surface area contributed by atoms with Crippen LogP contribution in [-0.2, 0) is 4.79 Å². The van der Waals surface area contributed by atoms with Gasteiger partial charge >= 0.3 is 0 Å². The quantitative estimate of drug-likeness (QED) is 0.774. The van der Waals surface area contributed by atoms with Crippen molar-refractivity contribution < 1.29 is 9.59 Å². The van der Waals surface area contributed by atoms with E-state index in [4.69, 9.17) is 0 Å². The summed E-state index contributed by atoms with van der Waals surface area (Å²) < 4.78 is 0. The summed E-state index contributed by atoms with van der Waals surface area (Å²) >= 11 is 0. The number of anilines is 1. The van der Waals surface area contributed by atoms with E-state index in [0.717, 1.165) is 29.6 Å². The van der Waals surface area contributed by atoms with E-state index in [9.17, 15) is 9.59 Å². The van der Waals surface area contributed by atoms with Crippen LogP contribution in [0.2, 0.25) is 0 Å². The van der Waals surface area contributed by atoms with Crippen molar-refractivity contribution in [2.75, 3.05) is 11.4 Å². The van der Waals surface area contributed by atoms with Gasteiger partial charge in [0.25, 0.3) is 11.7 Å². The number of carbonyl (C=O) groups is 2. The third kappa shape index (κ3) is 1.65. The highest BCUT2D eigenvalue weighted by Crippen LogP contribution is 2.49. The largest absolute Gasteiger partial charge is 0.304 e. The van der Waals surface area contributed by atoms with Gasteiger partial charge in [-0.15, -0.1) is 0 Å². The molecule has 2 saturated carbocycles. The summed E-state index contributed by atoms with van der Waals surface area (Å²) in [4.78, 5) is 26.1. The highest BCUT2D eigenvalue weighted by molar-refractivity contribution is 6.52. The summed E-state index contributed by atoms with van der Waals surface area (Å²) in [5, 5.41) is 0. The normalized spacial score (nSPS) is 31.2. The molecule has 1 aliphatic heterocycles. The lowest BCUT2D eigenvalue weighted by Crippen LogP contribution is -2.36. The molecule has 104 valence electrons. The molecule has 3 heteroatoms. The first-order chi connectivity index (χ1) is 9.63. The van der Waals surface area contributed by atoms with Gasteiger partial charge in [0.1, 0.15) is 0 Å². The van der Waals surface area contributed by atoms with E-state index in [2.05, 4.69) is 0 Å². The van der Waals surface area contributed by atoms with Crippen LogP contribution < -0.4 is 4.90 Å². The molecule has 2 bridgehead atoms. The lowest BCUT2D eigenvalue weighted by Gasteiger charge is -2.27. The van der Waals surface area contributed by atoms with Crippen molar-refractivity contribution in [2.45, 2.75) is 32.6 Å². The standard InChI is InChI=1S/C17H19NO2/c1-10-2-5-15-14(6-10)16(19)17(20)18(15)9-13-8-11-3-4-12(13)7-11/h2,5-6,11-13H,3-4,7-9H2,1H3. The zero-order valence-corrected chi connectivity index (χ0v) is 11.8. The summed E-state index contributed by atoms with van der Waals surface area (Å²) in [5.74, 6) is 1.59. The van der Waals surface area contributed by atoms with Crippen LogP contribution in [0.15, 0.2) is 18.2 Å². The second-order valence-corrected chi connectivity index (χ2v) is 6.70. The number of ketones is 1. The van der Waals surface area contributed by atoms with Crippen LogP contribution in [0.5, 0.6) is 0 Å². The summed E-state index contributed by atoms with van der Waals surface area (Å²) in [6.45, 7) is 2.69. The van der Waals surface area contributed by atoms with Crippen LogP contribution >= 0.6 is 0 Å². The monoisotopic (exact) mass is 269 g/mol. The Hall–Kier alpha value is -1.64.